The van der Waals surface area contributed by atoms with E-state index in [1.54, 1.807) is 34.7 Å². The van der Waals surface area contributed by atoms with Gasteiger partial charge in [-0.2, -0.15) is 0 Å². The lowest BCUT2D eigenvalue weighted by molar-refractivity contribution is -0.130. The number of para-hydroxylation sites is 1. The number of likely N-dealkylation sites (tertiary alicyclic amines) is 1. The highest BCUT2D eigenvalue weighted by Crippen LogP contribution is 2.19. The maximum absolute atomic E-state index is 12.6. The molecule has 0 aliphatic carbocycles. The Morgan fingerprint density at radius 1 is 1.23 bits per heavy atom. The largest absolute Gasteiger partial charge is 0.488 e. The zero-order valence-electron chi connectivity index (χ0n) is 17.1. The summed E-state index contributed by atoms with van der Waals surface area (Å²) >= 11 is 0. The molecule has 1 saturated heterocycles. The van der Waals surface area contributed by atoms with Crippen LogP contribution in [-0.4, -0.2) is 44.1 Å². The maximum Gasteiger partial charge on any atom is 0.261 e. The van der Waals surface area contributed by atoms with Crippen molar-refractivity contribution < 1.29 is 9.53 Å². The second-order valence-corrected chi connectivity index (χ2v) is 7.61. The number of pyridine rings is 1. The molecule has 0 saturated carbocycles. The average Bonchev–Trinajstić information content (AvgIpc) is 3.20. The van der Waals surface area contributed by atoms with E-state index in [9.17, 15) is 14.4 Å². The summed E-state index contributed by atoms with van der Waals surface area (Å²) in [5.74, 6) is 0.505. The fraction of sp³-hybridized carbons (Fsp3) is 0.364. The number of carbonyl (C=O) groups is 1. The second-order valence-electron chi connectivity index (χ2n) is 7.61. The van der Waals surface area contributed by atoms with Gasteiger partial charge in [-0.05, 0) is 25.1 Å². The van der Waals surface area contributed by atoms with Crippen molar-refractivity contribution in [3.8, 4) is 5.75 Å². The molecule has 4 rings (SSSR count). The molecule has 30 heavy (non-hydrogen) atoms. The standard InChI is InChI=1S/C22H24N4O4/c1-15-11-17(12-21(28)24(15)2)30-16-7-9-25(13-16)20(27)8-10-26-14-23-19-6-4-3-5-18(19)22(26)29/h3-6,11-12,14,16H,7-10,13H2,1-2H3. The molecule has 0 N–H and O–H groups in total. The fourth-order valence-electron chi connectivity index (χ4n) is 3.69. The smallest absolute Gasteiger partial charge is 0.261 e. The van der Waals surface area contributed by atoms with Crippen LogP contribution in [0.15, 0.2) is 52.3 Å². The Labute approximate surface area is 173 Å². The van der Waals surface area contributed by atoms with Gasteiger partial charge in [-0.1, -0.05) is 12.1 Å². The summed E-state index contributed by atoms with van der Waals surface area (Å²) in [6.07, 6.45) is 2.27. The van der Waals surface area contributed by atoms with Gasteiger partial charge in [0.15, 0.2) is 0 Å². The quantitative estimate of drug-likeness (QED) is 0.638. The minimum Gasteiger partial charge on any atom is -0.488 e. The Kier molecular flexibility index (Phi) is 5.39. The zero-order chi connectivity index (χ0) is 21.3. The number of amides is 1. The van der Waals surface area contributed by atoms with E-state index in [0.717, 1.165) is 5.69 Å². The van der Waals surface area contributed by atoms with Crippen molar-refractivity contribution in [3.05, 3.63) is 69.1 Å². The normalized spacial score (nSPS) is 16.2. The van der Waals surface area contributed by atoms with Gasteiger partial charge in [0.2, 0.25) is 5.91 Å². The molecule has 3 heterocycles. The molecule has 3 aromatic rings. The van der Waals surface area contributed by atoms with Gasteiger partial charge >= 0.3 is 0 Å². The lowest BCUT2D eigenvalue weighted by Gasteiger charge is -2.18. The van der Waals surface area contributed by atoms with Crippen LogP contribution in [0.5, 0.6) is 5.75 Å². The van der Waals surface area contributed by atoms with Crippen LogP contribution in [-0.2, 0) is 18.4 Å². The number of hydrogen-bond donors (Lipinski definition) is 0. The molecule has 1 aliphatic heterocycles. The van der Waals surface area contributed by atoms with Crippen molar-refractivity contribution in [1.82, 2.24) is 19.0 Å². The highest BCUT2D eigenvalue weighted by Gasteiger charge is 2.27. The highest BCUT2D eigenvalue weighted by molar-refractivity contribution is 5.77. The Bertz CT molecular complexity index is 1210. The Hall–Kier alpha value is -3.42. The van der Waals surface area contributed by atoms with Gasteiger partial charge < -0.3 is 14.2 Å². The zero-order valence-corrected chi connectivity index (χ0v) is 17.1. The number of ether oxygens (including phenoxy) is 1. The number of aromatic nitrogens is 3. The van der Waals surface area contributed by atoms with Gasteiger partial charge in [-0.3, -0.25) is 19.0 Å². The van der Waals surface area contributed by atoms with Gasteiger partial charge in [0.05, 0.1) is 23.8 Å². The van der Waals surface area contributed by atoms with Gasteiger partial charge in [0.1, 0.15) is 11.9 Å². The van der Waals surface area contributed by atoms with Crippen LogP contribution in [0, 0.1) is 6.92 Å². The maximum atomic E-state index is 12.6. The third-order valence-corrected chi connectivity index (χ3v) is 5.58. The first-order valence-electron chi connectivity index (χ1n) is 9.98. The Morgan fingerprint density at radius 2 is 2.03 bits per heavy atom. The highest BCUT2D eigenvalue weighted by atomic mass is 16.5. The molecule has 8 heteroatoms. The van der Waals surface area contributed by atoms with E-state index in [0.29, 0.717) is 36.2 Å². The number of carbonyl (C=O) groups excluding carboxylic acids is 1. The van der Waals surface area contributed by atoms with Crippen molar-refractivity contribution in [1.29, 1.82) is 0 Å². The summed E-state index contributed by atoms with van der Waals surface area (Å²) < 4.78 is 8.97. The van der Waals surface area contributed by atoms with Crippen LogP contribution in [0.1, 0.15) is 18.5 Å². The van der Waals surface area contributed by atoms with Crippen molar-refractivity contribution in [2.75, 3.05) is 13.1 Å². The molecule has 0 bridgehead atoms. The number of nitrogens with zero attached hydrogens (tertiary/aromatic N) is 4. The van der Waals surface area contributed by atoms with Crippen molar-refractivity contribution in [2.24, 2.45) is 7.05 Å². The van der Waals surface area contributed by atoms with Gasteiger partial charge in [-0.25, -0.2) is 4.98 Å². The second kappa shape index (κ2) is 8.14. The number of fused-ring (bicyclic) bond motifs is 1. The van der Waals surface area contributed by atoms with E-state index in [1.807, 2.05) is 19.1 Å². The average molecular weight is 408 g/mol. The summed E-state index contributed by atoms with van der Waals surface area (Å²) in [7, 11) is 1.72. The topological polar surface area (TPSA) is 86.4 Å². The lowest BCUT2D eigenvalue weighted by Crippen LogP contribution is -2.32. The van der Waals surface area contributed by atoms with Gasteiger partial charge in [0, 0.05) is 44.7 Å². The van der Waals surface area contributed by atoms with Crippen LogP contribution in [0.4, 0.5) is 0 Å². The molecule has 1 unspecified atom stereocenters. The lowest BCUT2D eigenvalue weighted by atomic mass is 10.2. The van der Waals surface area contributed by atoms with Crippen molar-refractivity contribution in [3.63, 3.8) is 0 Å². The van der Waals surface area contributed by atoms with Crippen LogP contribution in [0.2, 0.25) is 0 Å². The molecule has 2 aromatic heterocycles. The molecular weight excluding hydrogens is 384 g/mol. The minimum absolute atomic E-state index is 0.0266. The third-order valence-electron chi connectivity index (χ3n) is 5.58. The third kappa shape index (κ3) is 3.98. The van der Waals surface area contributed by atoms with Crippen LogP contribution in [0.25, 0.3) is 10.9 Å². The summed E-state index contributed by atoms with van der Waals surface area (Å²) in [5, 5.41) is 0.548. The molecule has 0 radical (unpaired) electrons. The SMILES string of the molecule is Cc1cc(OC2CCN(C(=O)CCn3cnc4ccccc4c3=O)C2)cc(=O)n1C. The summed E-state index contributed by atoms with van der Waals surface area (Å²) in [4.78, 5) is 43.1. The molecule has 1 fully saturated rings. The van der Waals surface area contributed by atoms with E-state index in [2.05, 4.69) is 4.98 Å². The van der Waals surface area contributed by atoms with Crippen LogP contribution >= 0.6 is 0 Å². The van der Waals surface area contributed by atoms with E-state index in [4.69, 9.17) is 4.74 Å². The minimum atomic E-state index is -0.148. The predicted molar refractivity (Wildman–Crippen MR) is 113 cm³/mol. The Balaban J connectivity index is 1.36. The number of rotatable bonds is 5. The Morgan fingerprint density at radius 3 is 2.83 bits per heavy atom. The molecule has 1 aromatic carbocycles. The monoisotopic (exact) mass is 408 g/mol. The molecule has 1 amide bonds. The first-order chi connectivity index (χ1) is 14.4. The van der Waals surface area contributed by atoms with Crippen LogP contribution in [0.3, 0.4) is 0 Å². The first-order valence-corrected chi connectivity index (χ1v) is 9.98. The number of aryl methyl sites for hydroxylation is 2. The number of hydrogen-bond acceptors (Lipinski definition) is 5. The molecule has 1 atom stereocenters. The molecule has 156 valence electrons. The van der Waals surface area contributed by atoms with Gasteiger partial charge in [0.25, 0.3) is 11.1 Å². The summed E-state index contributed by atoms with van der Waals surface area (Å²) in [5.41, 5.74) is 1.20. The van der Waals surface area contributed by atoms with Crippen LogP contribution < -0.4 is 15.9 Å². The van der Waals surface area contributed by atoms with E-state index in [-0.39, 0.29) is 36.1 Å². The van der Waals surface area contributed by atoms with Gasteiger partial charge in [-0.15, -0.1) is 0 Å². The van der Waals surface area contributed by atoms with Crippen molar-refractivity contribution in [2.45, 2.75) is 32.4 Å². The van der Waals surface area contributed by atoms with E-state index >= 15 is 0 Å². The van der Waals surface area contributed by atoms with Crippen molar-refractivity contribution >= 4 is 16.8 Å². The number of benzene rings is 1. The molecule has 0 spiro atoms. The summed E-state index contributed by atoms with van der Waals surface area (Å²) in [6, 6.07) is 10.5. The fourth-order valence-corrected chi connectivity index (χ4v) is 3.69. The molecule has 1 aliphatic rings. The first kappa shape index (κ1) is 19.9. The van der Waals surface area contributed by atoms with E-state index < -0.39 is 0 Å². The molecule has 8 nitrogen and oxygen atoms in total. The summed E-state index contributed by atoms with van der Waals surface area (Å²) in [6.45, 7) is 3.20. The van der Waals surface area contributed by atoms with E-state index in [1.165, 1.54) is 17.0 Å². The molecular formula is C22H24N4O4. The predicted octanol–water partition coefficient (Wildman–Crippen LogP) is 1.47.